The van der Waals surface area contributed by atoms with Crippen molar-refractivity contribution in [1.29, 1.82) is 5.41 Å². The molecule has 216 valence electrons. The molecular formula is C32H34N6O3S. The minimum absolute atomic E-state index is 0.0272. The molecule has 6 N–H and O–H groups in total. The van der Waals surface area contributed by atoms with Crippen LogP contribution in [-0.4, -0.2) is 55.8 Å². The number of hydrogen-bond acceptors (Lipinski definition) is 4. The molecule has 1 aliphatic heterocycles. The van der Waals surface area contributed by atoms with Gasteiger partial charge in [0, 0.05) is 36.7 Å². The largest absolute Gasteiger partial charge is 0.370 e. The Morgan fingerprint density at radius 3 is 2.50 bits per heavy atom. The van der Waals surface area contributed by atoms with Crippen LogP contribution in [0.2, 0.25) is 0 Å². The summed E-state index contributed by atoms with van der Waals surface area (Å²) in [4.78, 5) is 18.7. The lowest BCUT2D eigenvalue weighted by Crippen LogP contribution is -2.51. The molecule has 1 saturated heterocycles. The Labute approximate surface area is 244 Å². The number of nitrogens with two attached hydrogens (primary N) is 1. The fourth-order valence-electron chi connectivity index (χ4n) is 5.87. The number of rotatable bonds is 8. The van der Waals surface area contributed by atoms with Gasteiger partial charge in [0.25, 0.3) is 0 Å². The molecule has 4 aromatic carbocycles. The second-order valence-electron chi connectivity index (χ2n) is 11.0. The van der Waals surface area contributed by atoms with Gasteiger partial charge in [-0.15, -0.1) is 0 Å². The molecule has 1 aliphatic rings. The molecule has 2 atom stereocenters. The number of para-hydroxylation sites is 1. The van der Waals surface area contributed by atoms with Gasteiger partial charge in [-0.1, -0.05) is 48.5 Å². The van der Waals surface area contributed by atoms with Crippen molar-refractivity contribution in [2.24, 2.45) is 11.7 Å². The predicted octanol–water partition coefficient (Wildman–Crippen LogP) is 4.09. The number of piperidine rings is 1. The third-order valence-corrected chi connectivity index (χ3v) is 9.59. The van der Waals surface area contributed by atoms with Gasteiger partial charge in [-0.2, -0.15) is 4.72 Å². The highest BCUT2D eigenvalue weighted by Gasteiger charge is 2.29. The fraction of sp³-hybridized carbons (Fsp3) is 0.250. The maximum atomic E-state index is 13.7. The standard InChI is InChI=1S/C32H34N6O3S/c33-32(34)38-13-5-6-21(20-38)18-36-31(39)30(17-26-19-35-29-10-4-3-9-28(26)29)37-42(40,41)27-12-11-24-14-22-7-1-2-8-23(22)15-25(24)16-27/h1-4,7-12,14-16,19,21,30,35,37H,5-6,13,17-18,20H2,(H3,33,34)(H,36,39)/t21?,30-/m1/s1. The highest BCUT2D eigenvalue weighted by molar-refractivity contribution is 7.89. The molecule has 6 rings (SSSR count). The zero-order valence-corrected chi connectivity index (χ0v) is 24.0. The third kappa shape index (κ3) is 5.81. The van der Waals surface area contributed by atoms with Crippen molar-refractivity contribution in [3.63, 3.8) is 0 Å². The van der Waals surface area contributed by atoms with Crippen LogP contribution in [0.4, 0.5) is 0 Å². The Kier molecular flexibility index (Phi) is 7.57. The monoisotopic (exact) mass is 582 g/mol. The van der Waals surface area contributed by atoms with E-state index in [-0.39, 0.29) is 23.2 Å². The summed E-state index contributed by atoms with van der Waals surface area (Å²) in [5.74, 6) is -0.248. The topological polar surface area (TPSA) is 144 Å². The maximum Gasteiger partial charge on any atom is 0.241 e. The van der Waals surface area contributed by atoms with Crippen molar-refractivity contribution < 1.29 is 13.2 Å². The number of aromatic nitrogens is 1. The van der Waals surface area contributed by atoms with E-state index in [0.29, 0.717) is 13.1 Å². The number of benzene rings is 4. The number of nitrogens with zero attached hydrogens (tertiary/aromatic N) is 1. The SMILES string of the molecule is N=C(N)N1CCCC(CNC(=O)[C@@H](Cc2c[nH]c3ccccc23)NS(=O)(=O)c2ccc3cc4ccccc4cc3c2)C1. The van der Waals surface area contributed by atoms with Crippen LogP contribution in [0.3, 0.4) is 0 Å². The van der Waals surface area contributed by atoms with E-state index in [4.69, 9.17) is 11.1 Å². The van der Waals surface area contributed by atoms with Crippen LogP contribution < -0.4 is 15.8 Å². The molecule has 1 unspecified atom stereocenters. The molecule has 0 radical (unpaired) electrons. The molecule has 10 heteroatoms. The summed E-state index contributed by atoms with van der Waals surface area (Å²) in [6.45, 7) is 1.68. The number of guanidine groups is 1. The van der Waals surface area contributed by atoms with Gasteiger partial charge in [0.15, 0.2) is 5.96 Å². The summed E-state index contributed by atoms with van der Waals surface area (Å²) in [5.41, 5.74) is 7.45. The number of likely N-dealkylation sites (tertiary alicyclic amines) is 1. The Morgan fingerprint density at radius 1 is 1.00 bits per heavy atom. The molecule has 0 saturated carbocycles. The number of amides is 1. The van der Waals surface area contributed by atoms with Gasteiger partial charge in [0.1, 0.15) is 6.04 Å². The highest BCUT2D eigenvalue weighted by Crippen LogP contribution is 2.26. The molecule has 0 spiro atoms. The first-order valence-corrected chi connectivity index (χ1v) is 15.6. The van der Waals surface area contributed by atoms with Gasteiger partial charge in [0.05, 0.1) is 4.90 Å². The number of sulfonamides is 1. The van der Waals surface area contributed by atoms with Crippen molar-refractivity contribution in [3.8, 4) is 0 Å². The summed E-state index contributed by atoms with van der Waals surface area (Å²) in [6.07, 6.45) is 3.78. The van der Waals surface area contributed by atoms with Crippen LogP contribution in [0.15, 0.2) is 90.0 Å². The predicted molar refractivity (Wildman–Crippen MR) is 167 cm³/mol. The molecule has 1 amide bonds. The Hall–Kier alpha value is -4.41. The second-order valence-corrected chi connectivity index (χ2v) is 12.7. The quantitative estimate of drug-likeness (QED) is 0.106. The summed E-state index contributed by atoms with van der Waals surface area (Å²) >= 11 is 0. The summed E-state index contributed by atoms with van der Waals surface area (Å²) in [6, 6.07) is 23.7. The lowest BCUT2D eigenvalue weighted by molar-refractivity contribution is -0.122. The summed E-state index contributed by atoms with van der Waals surface area (Å²) in [5, 5.41) is 15.5. The molecule has 9 nitrogen and oxygen atoms in total. The maximum absolute atomic E-state index is 13.7. The first-order chi connectivity index (χ1) is 20.3. The Morgan fingerprint density at radius 2 is 1.71 bits per heavy atom. The summed E-state index contributed by atoms with van der Waals surface area (Å²) < 4.78 is 30.2. The van der Waals surface area contributed by atoms with Gasteiger partial charge in [0.2, 0.25) is 15.9 Å². The van der Waals surface area contributed by atoms with Crippen molar-refractivity contribution in [2.75, 3.05) is 19.6 Å². The molecule has 5 aromatic rings. The van der Waals surface area contributed by atoms with Crippen LogP contribution in [-0.2, 0) is 21.2 Å². The minimum Gasteiger partial charge on any atom is -0.370 e. The first-order valence-electron chi connectivity index (χ1n) is 14.1. The zero-order chi connectivity index (χ0) is 29.3. The lowest BCUT2D eigenvalue weighted by Gasteiger charge is -2.33. The average Bonchev–Trinajstić information content (AvgIpc) is 3.40. The molecular weight excluding hydrogens is 548 g/mol. The van der Waals surface area contributed by atoms with Gasteiger partial charge in [-0.05, 0) is 82.6 Å². The molecule has 2 heterocycles. The van der Waals surface area contributed by atoms with Crippen molar-refractivity contribution >= 4 is 54.3 Å². The van der Waals surface area contributed by atoms with Gasteiger partial charge < -0.3 is 20.9 Å². The molecule has 0 aliphatic carbocycles. The second kappa shape index (κ2) is 11.5. The van der Waals surface area contributed by atoms with E-state index in [2.05, 4.69) is 15.0 Å². The molecule has 1 aromatic heterocycles. The van der Waals surface area contributed by atoms with Crippen molar-refractivity contribution in [1.82, 2.24) is 19.9 Å². The molecule has 42 heavy (non-hydrogen) atoms. The van der Waals surface area contributed by atoms with Crippen LogP contribution in [0.25, 0.3) is 32.4 Å². The number of fused-ring (bicyclic) bond motifs is 3. The number of aromatic amines is 1. The van der Waals surface area contributed by atoms with Crippen molar-refractivity contribution in [3.05, 3.63) is 90.6 Å². The van der Waals surface area contributed by atoms with E-state index < -0.39 is 22.0 Å². The van der Waals surface area contributed by atoms with Crippen molar-refractivity contribution in [2.45, 2.75) is 30.2 Å². The zero-order valence-electron chi connectivity index (χ0n) is 23.1. The lowest BCUT2D eigenvalue weighted by atomic mass is 9.98. The third-order valence-electron chi connectivity index (χ3n) is 8.12. The van der Waals surface area contributed by atoms with Crippen LogP contribution in [0.1, 0.15) is 18.4 Å². The normalized spacial score (nSPS) is 16.6. The van der Waals surface area contributed by atoms with E-state index in [0.717, 1.165) is 57.4 Å². The summed E-state index contributed by atoms with van der Waals surface area (Å²) in [7, 11) is -4.04. The number of carbonyl (C=O) groups excluding carboxylic acids is 1. The smallest absolute Gasteiger partial charge is 0.241 e. The molecule has 1 fully saturated rings. The fourth-order valence-corrected chi connectivity index (χ4v) is 7.10. The Balaban J connectivity index is 1.26. The average molecular weight is 583 g/mol. The number of carbonyl (C=O) groups is 1. The van der Waals surface area contributed by atoms with E-state index in [9.17, 15) is 13.2 Å². The number of hydrogen-bond donors (Lipinski definition) is 5. The Bertz CT molecular complexity index is 1900. The highest BCUT2D eigenvalue weighted by atomic mass is 32.2. The van der Waals surface area contributed by atoms with Crippen LogP contribution in [0, 0.1) is 11.3 Å². The van der Waals surface area contributed by atoms with Crippen LogP contribution in [0.5, 0.6) is 0 Å². The van der Waals surface area contributed by atoms with E-state index in [1.807, 2.05) is 66.9 Å². The first kappa shape index (κ1) is 27.7. The van der Waals surface area contributed by atoms with E-state index >= 15 is 0 Å². The van der Waals surface area contributed by atoms with Gasteiger partial charge >= 0.3 is 0 Å². The van der Waals surface area contributed by atoms with Crippen LogP contribution >= 0.6 is 0 Å². The number of H-pyrrole nitrogens is 1. The number of nitrogens with one attached hydrogen (secondary N) is 4. The van der Waals surface area contributed by atoms with E-state index in [1.165, 1.54) is 0 Å². The van der Waals surface area contributed by atoms with Gasteiger partial charge in [-0.3, -0.25) is 10.2 Å². The van der Waals surface area contributed by atoms with E-state index in [1.54, 1.807) is 23.1 Å². The molecule has 0 bridgehead atoms. The van der Waals surface area contributed by atoms with Gasteiger partial charge in [-0.25, -0.2) is 8.42 Å². The minimum atomic E-state index is -4.04.